The zero-order chi connectivity index (χ0) is 12.8. The quantitative estimate of drug-likeness (QED) is 0.592. The molecule has 1 saturated carbocycles. The highest BCUT2D eigenvalue weighted by molar-refractivity contribution is 5.75. The van der Waals surface area contributed by atoms with Crippen LogP contribution in [0.2, 0.25) is 0 Å². The Morgan fingerprint density at radius 1 is 1.28 bits per heavy atom. The Morgan fingerprint density at radius 3 is 2.56 bits per heavy atom. The molecule has 0 N–H and O–H groups in total. The van der Waals surface area contributed by atoms with Gasteiger partial charge in [0.15, 0.2) is 0 Å². The Bertz CT molecular complexity index is 364. The lowest BCUT2D eigenvalue weighted by atomic mass is 9.80. The zero-order valence-corrected chi connectivity index (χ0v) is 11.0. The van der Waals surface area contributed by atoms with Crippen molar-refractivity contribution < 1.29 is 9.53 Å². The van der Waals surface area contributed by atoms with Crippen LogP contribution < -0.4 is 4.74 Å². The molecule has 0 unspecified atom stereocenters. The lowest BCUT2D eigenvalue weighted by molar-refractivity contribution is -0.140. The third kappa shape index (κ3) is 3.59. The van der Waals surface area contributed by atoms with Gasteiger partial charge in [-0.3, -0.25) is 4.79 Å². The molecule has 0 saturated heterocycles. The van der Waals surface area contributed by atoms with Crippen molar-refractivity contribution in [2.45, 2.75) is 45.4 Å². The highest BCUT2D eigenvalue weighted by Crippen LogP contribution is 2.32. The SMILES string of the molecule is CCC[C@H]1CC[C@H](C(=O)Oc2cc[c]cc2)CC1. The maximum Gasteiger partial charge on any atom is 0.314 e. The standard InChI is InChI=1S/C16H21O2/c1-2-6-13-9-11-14(12-10-13)16(17)18-15-7-4-3-5-8-15/h4-5,7-8,13-14H,2,6,9-12H2,1H3/t13-,14-. The van der Waals surface area contributed by atoms with Crippen molar-refractivity contribution in [3.8, 4) is 5.75 Å². The topological polar surface area (TPSA) is 26.3 Å². The van der Waals surface area contributed by atoms with Crippen LogP contribution >= 0.6 is 0 Å². The molecule has 18 heavy (non-hydrogen) atoms. The van der Waals surface area contributed by atoms with E-state index in [0.29, 0.717) is 5.75 Å². The molecule has 0 aliphatic heterocycles. The molecule has 2 nitrogen and oxygen atoms in total. The van der Waals surface area contributed by atoms with Crippen LogP contribution in [0, 0.1) is 17.9 Å². The van der Waals surface area contributed by atoms with Crippen molar-refractivity contribution in [1.82, 2.24) is 0 Å². The summed E-state index contributed by atoms with van der Waals surface area (Å²) in [5, 5.41) is 0. The Hall–Kier alpha value is -1.31. The average molecular weight is 245 g/mol. The van der Waals surface area contributed by atoms with E-state index in [2.05, 4.69) is 13.0 Å². The van der Waals surface area contributed by atoms with E-state index in [0.717, 1.165) is 18.8 Å². The van der Waals surface area contributed by atoms with Crippen molar-refractivity contribution in [3.05, 3.63) is 30.3 Å². The number of hydrogen-bond acceptors (Lipinski definition) is 2. The van der Waals surface area contributed by atoms with Crippen LogP contribution in [-0.2, 0) is 4.79 Å². The monoisotopic (exact) mass is 245 g/mol. The predicted octanol–water partition coefficient (Wildman–Crippen LogP) is 4.00. The molecule has 1 aliphatic carbocycles. The first-order valence-electron chi connectivity index (χ1n) is 6.97. The normalized spacial score (nSPS) is 23.6. The molecule has 2 heteroatoms. The summed E-state index contributed by atoms with van der Waals surface area (Å²) in [5.41, 5.74) is 0. The van der Waals surface area contributed by atoms with Gasteiger partial charge in [-0.15, -0.1) is 0 Å². The molecule has 0 aromatic heterocycles. The summed E-state index contributed by atoms with van der Waals surface area (Å²) in [6.45, 7) is 2.23. The fraction of sp³-hybridized carbons (Fsp3) is 0.562. The van der Waals surface area contributed by atoms with Crippen molar-refractivity contribution in [2.75, 3.05) is 0 Å². The molecular weight excluding hydrogens is 224 g/mol. The summed E-state index contributed by atoms with van der Waals surface area (Å²) in [6, 6.07) is 10.0. The first-order valence-corrected chi connectivity index (χ1v) is 6.97. The number of carbonyl (C=O) groups excluding carboxylic acids is 1. The van der Waals surface area contributed by atoms with Crippen molar-refractivity contribution in [1.29, 1.82) is 0 Å². The van der Waals surface area contributed by atoms with Crippen molar-refractivity contribution >= 4 is 5.97 Å². The first-order chi connectivity index (χ1) is 8.79. The highest BCUT2D eigenvalue weighted by atomic mass is 16.5. The van der Waals surface area contributed by atoms with Gasteiger partial charge in [0.25, 0.3) is 0 Å². The van der Waals surface area contributed by atoms with Gasteiger partial charge in [0.1, 0.15) is 5.75 Å². The Kier molecular flexibility index (Phi) is 4.80. The summed E-state index contributed by atoms with van der Waals surface area (Å²) in [5.74, 6) is 1.50. The highest BCUT2D eigenvalue weighted by Gasteiger charge is 2.27. The summed E-state index contributed by atoms with van der Waals surface area (Å²) in [6.07, 6.45) is 6.88. The van der Waals surface area contributed by atoms with E-state index in [1.807, 2.05) is 0 Å². The van der Waals surface area contributed by atoms with Gasteiger partial charge >= 0.3 is 5.97 Å². The number of ether oxygens (including phenoxy) is 1. The van der Waals surface area contributed by atoms with E-state index in [1.54, 1.807) is 24.3 Å². The summed E-state index contributed by atoms with van der Waals surface area (Å²) in [4.78, 5) is 12.0. The second kappa shape index (κ2) is 6.58. The van der Waals surface area contributed by atoms with E-state index in [1.165, 1.54) is 25.7 Å². The molecule has 0 atom stereocenters. The molecule has 1 aliphatic rings. The third-order valence-corrected chi connectivity index (χ3v) is 3.78. The Labute approximate surface area is 109 Å². The van der Waals surface area contributed by atoms with E-state index in [-0.39, 0.29) is 11.9 Å². The number of rotatable bonds is 4. The molecule has 1 aromatic rings. The molecule has 0 bridgehead atoms. The Balaban J connectivity index is 1.81. The van der Waals surface area contributed by atoms with Crippen LogP contribution in [0.25, 0.3) is 0 Å². The predicted molar refractivity (Wildman–Crippen MR) is 71.3 cm³/mol. The van der Waals surface area contributed by atoms with E-state index in [4.69, 9.17) is 4.74 Å². The van der Waals surface area contributed by atoms with Crippen LogP contribution in [-0.4, -0.2) is 5.97 Å². The minimum Gasteiger partial charge on any atom is -0.426 e. The molecule has 1 radical (unpaired) electrons. The zero-order valence-electron chi connectivity index (χ0n) is 11.0. The van der Waals surface area contributed by atoms with Gasteiger partial charge < -0.3 is 4.74 Å². The molecule has 1 aromatic carbocycles. The number of carbonyl (C=O) groups is 1. The number of hydrogen-bond donors (Lipinski definition) is 0. The first kappa shape index (κ1) is 13.1. The average Bonchev–Trinajstić information content (AvgIpc) is 2.41. The van der Waals surface area contributed by atoms with E-state index >= 15 is 0 Å². The molecule has 2 rings (SSSR count). The third-order valence-electron chi connectivity index (χ3n) is 3.78. The van der Waals surface area contributed by atoms with Crippen molar-refractivity contribution in [3.63, 3.8) is 0 Å². The maximum atomic E-state index is 12.0. The Morgan fingerprint density at radius 2 is 1.94 bits per heavy atom. The largest absolute Gasteiger partial charge is 0.426 e. The van der Waals surface area contributed by atoms with Gasteiger partial charge in [0.2, 0.25) is 0 Å². The molecule has 0 spiro atoms. The minimum absolute atomic E-state index is 0.0591. The van der Waals surface area contributed by atoms with Crippen LogP contribution in [0.3, 0.4) is 0 Å². The fourth-order valence-electron chi connectivity index (χ4n) is 2.73. The molecular formula is C16H21O2. The summed E-state index contributed by atoms with van der Waals surface area (Å²) in [7, 11) is 0. The van der Waals surface area contributed by atoms with Crippen LogP contribution in [0.1, 0.15) is 45.4 Å². The van der Waals surface area contributed by atoms with Crippen LogP contribution in [0.4, 0.5) is 0 Å². The number of esters is 1. The van der Waals surface area contributed by atoms with Crippen molar-refractivity contribution in [2.24, 2.45) is 11.8 Å². The van der Waals surface area contributed by atoms with Gasteiger partial charge in [0, 0.05) is 0 Å². The minimum atomic E-state index is -0.0591. The molecule has 0 amide bonds. The van der Waals surface area contributed by atoms with Gasteiger partial charge in [-0.2, -0.15) is 0 Å². The fourth-order valence-corrected chi connectivity index (χ4v) is 2.73. The van der Waals surface area contributed by atoms with Gasteiger partial charge in [0.05, 0.1) is 5.92 Å². The second-order valence-corrected chi connectivity index (χ2v) is 5.16. The van der Waals surface area contributed by atoms with Gasteiger partial charge in [-0.25, -0.2) is 0 Å². The lowest BCUT2D eigenvalue weighted by Gasteiger charge is -2.26. The maximum absolute atomic E-state index is 12.0. The molecule has 0 heterocycles. The van der Waals surface area contributed by atoms with E-state index in [9.17, 15) is 4.79 Å². The number of benzene rings is 1. The van der Waals surface area contributed by atoms with Gasteiger partial charge in [-0.1, -0.05) is 31.9 Å². The smallest absolute Gasteiger partial charge is 0.314 e. The lowest BCUT2D eigenvalue weighted by Crippen LogP contribution is -2.25. The summed E-state index contributed by atoms with van der Waals surface area (Å²) < 4.78 is 5.39. The summed E-state index contributed by atoms with van der Waals surface area (Å²) >= 11 is 0. The van der Waals surface area contributed by atoms with Crippen LogP contribution in [0.15, 0.2) is 24.3 Å². The molecule has 97 valence electrons. The van der Waals surface area contributed by atoms with Gasteiger partial charge in [-0.05, 0) is 49.8 Å². The second-order valence-electron chi connectivity index (χ2n) is 5.16. The van der Waals surface area contributed by atoms with Crippen LogP contribution in [0.5, 0.6) is 5.75 Å². The van der Waals surface area contributed by atoms with E-state index < -0.39 is 0 Å². The molecule has 1 fully saturated rings.